The molecule has 0 atom stereocenters. The average molecular weight is 451 g/mol. The van der Waals surface area contributed by atoms with Crippen molar-refractivity contribution in [2.75, 3.05) is 0 Å². The van der Waals surface area contributed by atoms with E-state index in [0.717, 1.165) is 5.56 Å². The largest absolute Gasteiger partial charge is 0.744 e. The molecule has 0 aliphatic carbocycles. The highest BCUT2D eigenvalue weighted by atomic mass is 32.2. The van der Waals surface area contributed by atoms with E-state index in [4.69, 9.17) is 0 Å². The Morgan fingerprint density at radius 3 is 1.48 bits per heavy atom. The second-order valence-corrected chi connectivity index (χ2v) is 10.1. The smallest absolute Gasteiger partial charge is 0.166 e. The molecule has 0 saturated heterocycles. The number of phenolic OH excluding ortho intramolecular Hbond substituents is 1. The number of hydrogen-bond donors (Lipinski definition) is 1. The Hall–Kier alpha value is -3.06. The molecule has 0 aromatic heterocycles. The molecule has 0 fully saturated rings. The molecule has 0 bridgehead atoms. The lowest BCUT2D eigenvalue weighted by atomic mass is 10.2. The topological polar surface area (TPSA) is 77.4 Å². The predicted octanol–water partition coefficient (Wildman–Crippen LogP) is 5.39. The molecule has 31 heavy (non-hydrogen) atoms. The zero-order valence-corrected chi connectivity index (χ0v) is 18.5. The number of benzene rings is 4. The first-order chi connectivity index (χ1) is 14.8. The van der Waals surface area contributed by atoms with E-state index in [0.29, 0.717) is 5.75 Å². The molecule has 0 unspecified atom stereocenters. The second kappa shape index (κ2) is 10.3. The van der Waals surface area contributed by atoms with Crippen LogP contribution in [0.2, 0.25) is 0 Å². The molecule has 4 rings (SSSR count). The summed E-state index contributed by atoms with van der Waals surface area (Å²) in [6.45, 7) is 1.82. The van der Waals surface area contributed by atoms with Gasteiger partial charge in [0.15, 0.2) is 14.7 Å². The van der Waals surface area contributed by atoms with Gasteiger partial charge in [-0.1, -0.05) is 54.1 Å². The van der Waals surface area contributed by atoms with Crippen LogP contribution in [0.4, 0.5) is 0 Å². The third-order valence-electron chi connectivity index (χ3n) is 4.34. The van der Waals surface area contributed by atoms with E-state index >= 15 is 0 Å². The van der Waals surface area contributed by atoms with Crippen LogP contribution in [0.5, 0.6) is 5.75 Å². The van der Waals surface area contributed by atoms with Crippen molar-refractivity contribution in [1.82, 2.24) is 0 Å². The minimum atomic E-state index is -4.27. The zero-order valence-electron chi connectivity index (χ0n) is 16.9. The van der Waals surface area contributed by atoms with Gasteiger partial charge in [0.1, 0.15) is 15.9 Å². The third kappa shape index (κ3) is 6.46. The molecule has 0 saturated carbocycles. The fourth-order valence-electron chi connectivity index (χ4n) is 2.81. The molecular weight excluding hydrogens is 428 g/mol. The standard InChI is InChI=1S/C18H14OS.C7H8O3S/c19-15-11-13-18(14-12-15)20(16-7-3-1-4-8-16)17-9-5-2-6-10-17;1-6-2-4-7(5-3-6)11(8,9)10/h1-14H;2-5H,1H3,(H,8,9,10). The summed E-state index contributed by atoms with van der Waals surface area (Å²) >= 11 is 0. The van der Waals surface area contributed by atoms with Crippen molar-refractivity contribution in [3.8, 4) is 5.75 Å². The van der Waals surface area contributed by atoms with Crippen molar-refractivity contribution in [3.63, 3.8) is 0 Å². The Morgan fingerprint density at radius 2 is 1.06 bits per heavy atom. The highest BCUT2D eigenvalue weighted by Crippen LogP contribution is 2.31. The molecule has 4 nitrogen and oxygen atoms in total. The number of rotatable bonds is 4. The highest BCUT2D eigenvalue weighted by molar-refractivity contribution is 7.97. The van der Waals surface area contributed by atoms with Crippen molar-refractivity contribution in [2.24, 2.45) is 0 Å². The summed E-state index contributed by atoms with van der Waals surface area (Å²) in [6, 6.07) is 34.2. The zero-order chi connectivity index (χ0) is 22.3. The number of hydrogen-bond acceptors (Lipinski definition) is 4. The monoisotopic (exact) mass is 450 g/mol. The quantitative estimate of drug-likeness (QED) is 0.334. The summed E-state index contributed by atoms with van der Waals surface area (Å²) in [5, 5.41) is 9.48. The molecule has 4 aromatic carbocycles. The molecule has 0 aliphatic rings. The van der Waals surface area contributed by atoms with Crippen LogP contribution in [0, 0.1) is 6.92 Å². The van der Waals surface area contributed by atoms with Crippen LogP contribution in [0.1, 0.15) is 5.56 Å². The molecular formula is C25H22O4S2. The van der Waals surface area contributed by atoms with Crippen LogP contribution in [0.3, 0.4) is 0 Å². The summed E-state index contributed by atoms with van der Waals surface area (Å²) < 4.78 is 31.2. The van der Waals surface area contributed by atoms with Gasteiger partial charge in [-0.2, -0.15) is 0 Å². The fourth-order valence-corrected chi connectivity index (χ4v) is 5.36. The Bertz CT molecular complexity index is 1150. The van der Waals surface area contributed by atoms with E-state index in [1.807, 2.05) is 31.2 Å². The summed E-state index contributed by atoms with van der Waals surface area (Å²) in [4.78, 5) is 3.59. The van der Waals surface area contributed by atoms with Gasteiger partial charge in [0.05, 0.1) is 15.8 Å². The van der Waals surface area contributed by atoms with Crippen molar-refractivity contribution in [2.45, 2.75) is 26.5 Å². The van der Waals surface area contributed by atoms with Crippen LogP contribution in [-0.4, -0.2) is 18.1 Å². The minimum absolute atomic E-state index is 0.134. The van der Waals surface area contributed by atoms with Crippen LogP contribution >= 0.6 is 0 Å². The average Bonchev–Trinajstić information content (AvgIpc) is 2.77. The van der Waals surface area contributed by atoms with E-state index in [1.165, 1.54) is 26.8 Å². The van der Waals surface area contributed by atoms with Crippen molar-refractivity contribution >= 4 is 21.0 Å². The number of phenols is 1. The van der Waals surface area contributed by atoms with Crippen LogP contribution in [0.15, 0.2) is 129 Å². The summed E-state index contributed by atoms with van der Waals surface area (Å²) in [5.41, 5.74) is 0.928. The van der Waals surface area contributed by atoms with E-state index in [2.05, 4.69) is 48.5 Å². The lowest BCUT2D eigenvalue weighted by Crippen LogP contribution is -2.04. The highest BCUT2D eigenvalue weighted by Gasteiger charge is 2.27. The molecule has 0 spiro atoms. The van der Waals surface area contributed by atoms with Crippen molar-refractivity contribution < 1.29 is 18.1 Å². The molecule has 0 amide bonds. The summed E-state index contributed by atoms with van der Waals surface area (Å²) in [6.07, 6.45) is 0. The van der Waals surface area contributed by atoms with Gasteiger partial charge in [0.2, 0.25) is 0 Å². The van der Waals surface area contributed by atoms with E-state index < -0.39 is 10.1 Å². The van der Waals surface area contributed by atoms with Gasteiger partial charge in [-0.15, -0.1) is 0 Å². The molecule has 4 aromatic rings. The van der Waals surface area contributed by atoms with Gasteiger partial charge in [0, 0.05) is 0 Å². The lowest BCUT2D eigenvalue weighted by molar-refractivity contribution is 0.463. The van der Waals surface area contributed by atoms with E-state index in [1.54, 1.807) is 24.3 Å². The van der Waals surface area contributed by atoms with E-state index in [-0.39, 0.29) is 15.8 Å². The maximum Gasteiger partial charge on any atom is 0.166 e. The maximum atomic E-state index is 10.4. The van der Waals surface area contributed by atoms with Crippen LogP contribution in [0.25, 0.3) is 0 Å². The molecule has 0 aliphatic heterocycles. The lowest BCUT2D eigenvalue weighted by Gasteiger charge is -2.07. The predicted molar refractivity (Wildman–Crippen MR) is 122 cm³/mol. The Labute approximate surface area is 185 Å². The van der Waals surface area contributed by atoms with E-state index in [9.17, 15) is 18.1 Å². The van der Waals surface area contributed by atoms with Crippen molar-refractivity contribution in [3.05, 3.63) is 115 Å². The van der Waals surface area contributed by atoms with Gasteiger partial charge in [-0.25, -0.2) is 8.42 Å². The Balaban J connectivity index is 0.000000210. The van der Waals surface area contributed by atoms with Gasteiger partial charge < -0.3 is 9.66 Å². The van der Waals surface area contributed by atoms with Gasteiger partial charge in [-0.05, 0) is 67.6 Å². The first-order valence-corrected chi connectivity index (χ1v) is 12.1. The minimum Gasteiger partial charge on any atom is -0.744 e. The summed E-state index contributed by atoms with van der Waals surface area (Å²) in [5.74, 6) is 0.304. The first kappa shape index (κ1) is 22.6. The van der Waals surface area contributed by atoms with Gasteiger partial charge in [0.25, 0.3) is 0 Å². The number of aryl methyl sites for hydroxylation is 1. The fraction of sp³-hybridized carbons (Fsp3) is 0.0400. The normalized spacial score (nSPS) is 10.9. The number of aromatic hydroxyl groups is 1. The van der Waals surface area contributed by atoms with Gasteiger partial charge >= 0.3 is 0 Å². The Kier molecular flexibility index (Phi) is 7.52. The van der Waals surface area contributed by atoms with Gasteiger partial charge in [-0.3, -0.25) is 0 Å². The van der Waals surface area contributed by atoms with Crippen LogP contribution < -0.4 is 0 Å². The Morgan fingerprint density at radius 1 is 0.645 bits per heavy atom. The maximum absolute atomic E-state index is 10.4. The molecule has 0 heterocycles. The first-order valence-electron chi connectivity index (χ1n) is 9.50. The SMILES string of the molecule is Cc1ccc(S(=O)(=O)[O-])cc1.Oc1ccc([S+](c2ccccc2)c2ccccc2)cc1. The second-order valence-electron chi connectivity index (χ2n) is 6.69. The molecule has 1 N–H and O–H groups in total. The summed E-state index contributed by atoms with van der Waals surface area (Å²) in [7, 11) is -4.40. The molecule has 6 heteroatoms. The molecule has 158 valence electrons. The van der Waals surface area contributed by atoms with Crippen molar-refractivity contribution in [1.29, 1.82) is 0 Å². The molecule has 0 radical (unpaired) electrons. The van der Waals surface area contributed by atoms with Crippen LogP contribution in [-0.2, 0) is 21.0 Å². The third-order valence-corrected chi connectivity index (χ3v) is 7.42.